The van der Waals surface area contributed by atoms with Crippen LogP contribution in [0.4, 0.5) is 17.2 Å². The maximum Gasteiger partial charge on any atom is 0.332 e. The lowest BCUT2D eigenvalue weighted by Gasteiger charge is -2.20. The number of hydrogen-bond acceptors (Lipinski definition) is 3. The zero-order valence-corrected chi connectivity index (χ0v) is 13.7. The number of pyridine rings is 1. The van der Waals surface area contributed by atoms with Crippen LogP contribution in [0.3, 0.4) is 0 Å². The number of anilines is 3. The fourth-order valence-corrected chi connectivity index (χ4v) is 4.28. The molecule has 0 unspecified atom stereocenters. The minimum atomic E-state index is -3.68. The summed E-state index contributed by atoms with van der Waals surface area (Å²) < 4.78 is 28.5. The number of para-hydroxylation sites is 2. The van der Waals surface area contributed by atoms with Crippen LogP contribution in [-0.2, 0) is 10.2 Å². The van der Waals surface area contributed by atoms with Crippen LogP contribution in [-0.4, -0.2) is 25.8 Å². The molecule has 0 N–H and O–H groups in total. The Bertz CT molecular complexity index is 778. The Morgan fingerprint density at radius 3 is 2.50 bits per heavy atom. The van der Waals surface area contributed by atoms with Crippen LogP contribution >= 0.6 is 11.6 Å². The fraction of sp³-hybridized carbons (Fsp3) is 0.267. The Labute approximate surface area is 135 Å². The third-order valence-electron chi connectivity index (χ3n) is 3.48. The van der Waals surface area contributed by atoms with Crippen molar-refractivity contribution >= 4 is 39.0 Å². The first kappa shape index (κ1) is 15.1. The van der Waals surface area contributed by atoms with Crippen LogP contribution in [0, 0.1) is 6.92 Å². The van der Waals surface area contributed by atoms with Crippen molar-refractivity contribution in [3.05, 3.63) is 48.2 Å². The smallest absolute Gasteiger partial charge is 0.251 e. The van der Waals surface area contributed by atoms with Crippen molar-refractivity contribution in [2.24, 2.45) is 0 Å². The second kappa shape index (κ2) is 5.78. The fourth-order valence-electron chi connectivity index (χ4n) is 2.45. The number of aromatic nitrogens is 1. The summed E-state index contributed by atoms with van der Waals surface area (Å²) in [6, 6.07) is 10.8. The van der Waals surface area contributed by atoms with Crippen molar-refractivity contribution in [1.29, 1.82) is 0 Å². The van der Waals surface area contributed by atoms with Gasteiger partial charge in [0, 0.05) is 18.6 Å². The first-order chi connectivity index (χ1) is 10.6. The van der Waals surface area contributed by atoms with Crippen LogP contribution in [0.2, 0.25) is 0 Å². The van der Waals surface area contributed by atoms with E-state index in [0.29, 0.717) is 36.0 Å². The summed E-state index contributed by atoms with van der Waals surface area (Å²) in [5.74, 6) is 0.808. The van der Waals surface area contributed by atoms with Crippen LogP contribution in [0.25, 0.3) is 0 Å². The van der Waals surface area contributed by atoms with Gasteiger partial charge in [0.15, 0.2) is 0 Å². The Morgan fingerprint density at radius 1 is 1.14 bits per heavy atom. The zero-order valence-electron chi connectivity index (χ0n) is 12.1. The summed E-state index contributed by atoms with van der Waals surface area (Å²) in [7, 11) is -3.68. The Morgan fingerprint density at radius 2 is 1.86 bits per heavy atom. The zero-order chi connectivity index (χ0) is 15.7. The van der Waals surface area contributed by atoms with Gasteiger partial charge < -0.3 is 0 Å². The van der Waals surface area contributed by atoms with Crippen molar-refractivity contribution < 1.29 is 8.42 Å². The molecule has 7 heteroatoms. The number of fused-ring (bicyclic) bond motifs is 1. The van der Waals surface area contributed by atoms with E-state index in [9.17, 15) is 8.42 Å². The van der Waals surface area contributed by atoms with Gasteiger partial charge in [-0.3, -0.25) is 4.31 Å². The van der Waals surface area contributed by atoms with Crippen molar-refractivity contribution in [3.8, 4) is 0 Å². The molecule has 22 heavy (non-hydrogen) atoms. The predicted molar refractivity (Wildman–Crippen MR) is 89.2 cm³/mol. The quantitative estimate of drug-likeness (QED) is 0.805. The highest BCUT2D eigenvalue weighted by Crippen LogP contribution is 2.44. The molecule has 0 spiro atoms. The largest absolute Gasteiger partial charge is 0.332 e. The molecular formula is C15H16ClN3O2S. The summed E-state index contributed by atoms with van der Waals surface area (Å²) in [5, 5.41) is 0. The van der Waals surface area contributed by atoms with Crippen LogP contribution < -0.4 is 8.61 Å². The first-order valence-electron chi connectivity index (χ1n) is 6.96. The third-order valence-corrected chi connectivity index (χ3v) is 5.53. The van der Waals surface area contributed by atoms with Gasteiger partial charge in [-0.05, 0) is 37.1 Å². The molecule has 3 rings (SSSR count). The topological polar surface area (TPSA) is 53.5 Å². The summed E-state index contributed by atoms with van der Waals surface area (Å²) >= 11 is 5.72. The van der Waals surface area contributed by atoms with Crippen molar-refractivity contribution in [3.63, 3.8) is 0 Å². The van der Waals surface area contributed by atoms with Crippen LogP contribution in [0.1, 0.15) is 12.0 Å². The number of alkyl halides is 1. The summed E-state index contributed by atoms with van der Waals surface area (Å²) in [4.78, 5) is 4.26. The average Bonchev–Trinajstić information content (AvgIpc) is 2.73. The van der Waals surface area contributed by atoms with Crippen molar-refractivity contribution in [1.82, 2.24) is 4.98 Å². The normalized spacial score (nSPS) is 15.9. The number of aryl methyl sites for hydroxylation is 1. The monoisotopic (exact) mass is 337 g/mol. The second-order valence-electron chi connectivity index (χ2n) is 5.07. The lowest BCUT2D eigenvalue weighted by molar-refractivity contribution is 0.593. The maximum atomic E-state index is 12.9. The lowest BCUT2D eigenvalue weighted by Crippen LogP contribution is -2.36. The van der Waals surface area contributed by atoms with Gasteiger partial charge in [-0.15, -0.1) is 11.6 Å². The molecule has 0 radical (unpaired) electrons. The molecule has 2 heterocycles. The van der Waals surface area contributed by atoms with Crippen molar-refractivity contribution in [2.75, 3.05) is 21.0 Å². The van der Waals surface area contributed by atoms with E-state index in [4.69, 9.17) is 11.6 Å². The van der Waals surface area contributed by atoms with Gasteiger partial charge in [0.2, 0.25) is 0 Å². The summed E-state index contributed by atoms with van der Waals surface area (Å²) in [5.41, 5.74) is 2.26. The SMILES string of the molecule is Cc1ccc(N2c3ccccc3N(CCCCl)S2(=O)=O)nc1. The standard InChI is InChI=1S/C15H16ClN3O2S/c1-12-7-8-15(17-11-12)19-14-6-3-2-5-13(14)18(10-4-9-16)22(19,20)21/h2-3,5-8,11H,4,9-10H2,1H3. The maximum absolute atomic E-state index is 12.9. The molecule has 0 amide bonds. The molecular weight excluding hydrogens is 322 g/mol. The molecule has 1 aliphatic rings. The predicted octanol–water partition coefficient (Wildman–Crippen LogP) is 3.22. The summed E-state index contributed by atoms with van der Waals surface area (Å²) in [6.07, 6.45) is 2.25. The molecule has 0 fully saturated rings. The second-order valence-corrected chi connectivity index (χ2v) is 7.15. The lowest BCUT2D eigenvalue weighted by atomic mass is 10.2. The average molecular weight is 338 g/mol. The number of rotatable bonds is 4. The molecule has 0 saturated carbocycles. The van der Waals surface area contributed by atoms with Gasteiger partial charge in [-0.1, -0.05) is 18.2 Å². The van der Waals surface area contributed by atoms with E-state index >= 15 is 0 Å². The van der Waals surface area contributed by atoms with Gasteiger partial charge >= 0.3 is 10.2 Å². The summed E-state index contributed by atoms with van der Waals surface area (Å²) in [6.45, 7) is 2.27. The number of hydrogen-bond donors (Lipinski definition) is 0. The highest BCUT2D eigenvalue weighted by molar-refractivity contribution is 7.95. The molecule has 1 aliphatic heterocycles. The van der Waals surface area contributed by atoms with E-state index in [2.05, 4.69) is 4.98 Å². The van der Waals surface area contributed by atoms with E-state index < -0.39 is 10.2 Å². The highest BCUT2D eigenvalue weighted by atomic mass is 35.5. The van der Waals surface area contributed by atoms with Gasteiger partial charge in [0.1, 0.15) is 5.82 Å². The molecule has 116 valence electrons. The molecule has 2 aromatic rings. The molecule has 0 atom stereocenters. The van der Waals surface area contributed by atoms with Gasteiger partial charge in [-0.25, -0.2) is 9.29 Å². The third kappa shape index (κ3) is 2.42. The van der Waals surface area contributed by atoms with Gasteiger partial charge in [0.05, 0.1) is 11.4 Å². The minimum Gasteiger partial charge on any atom is -0.251 e. The molecule has 1 aromatic heterocycles. The number of benzene rings is 1. The van der Waals surface area contributed by atoms with E-state index in [1.165, 1.54) is 8.61 Å². The Hall–Kier alpha value is -1.79. The molecule has 0 bridgehead atoms. The van der Waals surface area contributed by atoms with Crippen LogP contribution in [0.5, 0.6) is 0 Å². The molecule has 5 nitrogen and oxygen atoms in total. The first-order valence-corrected chi connectivity index (χ1v) is 8.89. The van der Waals surface area contributed by atoms with E-state index in [1.54, 1.807) is 24.4 Å². The molecule has 0 saturated heterocycles. The van der Waals surface area contributed by atoms with E-state index in [0.717, 1.165) is 5.56 Å². The van der Waals surface area contributed by atoms with E-state index in [1.807, 2.05) is 25.1 Å². The number of halogens is 1. The van der Waals surface area contributed by atoms with Crippen LogP contribution in [0.15, 0.2) is 42.6 Å². The Balaban J connectivity index is 2.12. The number of nitrogens with zero attached hydrogens (tertiary/aromatic N) is 3. The van der Waals surface area contributed by atoms with E-state index in [-0.39, 0.29) is 0 Å². The minimum absolute atomic E-state index is 0.352. The molecule has 1 aromatic carbocycles. The Kier molecular flexibility index (Phi) is 3.97. The van der Waals surface area contributed by atoms with Gasteiger partial charge in [0.25, 0.3) is 0 Å². The van der Waals surface area contributed by atoms with Crippen molar-refractivity contribution in [2.45, 2.75) is 13.3 Å². The highest BCUT2D eigenvalue weighted by Gasteiger charge is 2.41. The molecule has 0 aliphatic carbocycles. The van der Waals surface area contributed by atoms with Gasteiger partial charge in [-0.2, -0.15) is 8.42 Å².